The fourth-order valence-corrected chi connectivity index (χ4v) is 1.56. The molecule has 0 heterocycles. The van der Waals surface area contributed by atoms with Crippen LogP contribution in [-0.2, 0) is 17.8 Å². The number of carbonyl (C=O) groups is 1. The molecule has 0 saturated heterocycles. The third-order valence-electron chi connectivity index (χ3n) is 2.39. The molecule has 1 aromatic carbocycles. The zero-order valence-corrected chi connectivity index (χ0v) is 9.67. The second-order valence-corrected chi connectivity index (χ2v) is 3.44. The van der Waals surface area contributed by atoms with Crippen LogP contribution in [0.3, 0.4) is 0 Å². The van der Waals surface area contributed by atoms with E-state index in [-0.39, 0.29) is 23.4 Å². The highest BCUT2D eigenvalue weighted by atomic mass is 16.6. The predicted octanol–water partition coefficient (Wildman–Crippen LogP) is 1.62. The minimum absolute atomic E-state index is 0.0967. The fraction of sp³-hybridized carbons (Fsp3) is 0.273. The molecule has 0 radical (unpaired) electrons. The lowest BCUT2D eigenvalue weighted by Gasteiger charge is -2.07. The molecule has 1 aromatic rings. The van der Waals surface area contributed by atoms with Crippen LogP contribution in [0.4, 0.5) is 10.5 Å². The van der Waals surface area contributed by atoms with Crippen molar-refractivity contribution in [2.24, 2.45) is 5.73 Å². The van der Waals surface area contributed by atoms with Crippen molar-refractivity contribution in [1.82, 2.24) is 0 Å². The van der Waals surface area contributed by atoms with E-state index in [9.17, 15) is 14.9 Å². The Labute approximate surface area is 103 Å². The normalized spacial score (nSPS) is 9.56. The summed E-state index contributed by atoms with van der Waals surface area (Å²) in [6.45, 7) is 1.49. The summed E-state index contributed by atoms with van der Waals surface area (Å²) in [5.41, 5.74) is 5.19. The van der Waals surface area contributed by atoms with Gasteiger partial charge in [-0.05, 0) is 6.42 Å². The second-order valence-electron chi connectivity index (χ2n) is 3.44. The van der Waals surface area contributed by atoms with Crippen LogP contribution in [0.5, 0.6) is 0 Å². The summed E-state index contributed by atoms with van der Waals surface area (Å²) in [7, 11) is 0. The average Bonchev–Trinajstić information content (AvgIpc) is 2.34. The molecule has 18 heavy (non-hydrogen) atoms. The Balaban J connectivity index is 3.30. The summed E-state index contributed by atoms with van der Waals surface area (Å²) >= 11 is 0. The lowest BCUT2D eigenvalue weighted by molar-refractivity contribution is -0.385. The van der Waals surface area contributed by atoms with Gasteiger partial charge in [-0.2, -0.15) is 5.26 Å². The molecule has 2 N–H and O–H groups in total. The molecule has 1 amide bonds. The summed E-state index contributed by atoms with van der Waals surface area (Å²) in [5.74, 6) is 0. The van der Waals surface area contributed by atoms with E-state index in [1.165, 1.54) is 6.07 Å². The number of nitriles is 1. The third kappa shape index (κ3) is 2.74. The van der Waals surface area contributed by atoms with E-state index in [1.807, 2.05) is 0 Å². The first kappa shape index (κ1) is 13.4. The van der Waals surface area contributed by atoms with Gasteiger partial charge in [0.2, 0.25) is 0 Å². The Hall–Kier alpha value is -2.62. The van der Waals surface area contributed by atoms with Gasteiger partial charge in [-0.1, -0.05) is 19.1 Å². The molecule has 1 rings (SSSR count). The van der Waals surface area contributed by atoms with Crippen LogP contribution in [0.1, 0.15) is 23.6 Å². The van der Waals surface area contributed by atoms with E-state index in [0.29, 0.717) is 12.0 Å². The molecule has 94 valence electrons. The lowest BCUT2D eigenvalue weighted by atomic mass is 10.0. The molecule has 0 saturated carbocycles. The number of amides is 1. The number of rotatable bonds is 4. The number of nitro benzene ring substituents is 1. The summed E-state index contributed by atoms with van der Waals surface area (Å²) in [5, 5.41) is 20.0. The van der Waals surface area contributed by atoms with Crippen molar-refractivity contribution < 1.29 is 14.5 Å². The summed E-state index contributed by atoms with van der Waals surface area (Å²) in [6.07, 6.45) is -0.566. The van der Waals surface area contributed by atoms with Crippen molar-refractivity contribution in [2.45, 2.75) is 20.0 Å². The maximum Gasteiger partial charge on any atom is 0.404 e. The Kier molecular flexibility index (Phi) is 4.21. The van der Waals surface area contributed by atoms with E-state index in [0.717, 1.165) is 0 Å². The molecule has 0 unspecified atom stereocenters. The fourth-order valence-electron chi connectivity index (χ4n) is 1.56. The van der Waals surface area contributed by atoms with Crippen molar-refractivity contribution in [3.05, 3.63) is 38.9 Å². The molecule has 0 aromatic heterocycles. The molecule has 0 fully saturated rings. The van der Waals surface area contributed by atoms with E-state index in [2.05, 4.69) is 4.74 Å². The lowest BCUT2D eigenvalue weighted by Crippen LogP contribution is -2.13. The van der Waals surface area contributed by atoms with Crippen molar-refractivity contribution >= 4 is 11.8 Å². The SMILES string of the molecule is CCc1ccc(COC(N)=O)c(C#N)c1[N+](=O)[O-]. The monoisotopic (exact) mass is 249 g/mol. The van der Waals surface area contributed by atoms with Crippen LogP contribution in [0.2, 0.25) is 0 Å². The van der Waals surface area contributed by atoms with Crippen LogP contribution >= 0.6 is 0 Å². The number of nitrogens with zero attached hydrogens (tertiary/aromatic N) is 2. The van der Waals surface area contributed by atoms with Gasteiger partial charge in [0.1, 0.15) is 18.2 Å². The Morgan fingerprint density at radius 2 is 2.17 bits per heavy atom. The van der Waals surface area contributed by atoms with E-state index in [1.54, 1.807) is 19.1 Å². The summed E-state index contributed by atoms with van der Waals surface area (Å²) in [4.78, 5) is 20.9. The number of ether oxygens (including phenoxy) is 1. The molecular weight excluding hydrogens is 238 g/mol. The molecule has 0 bridgehead atoms. The minimum Gasteiger partial charge on any atom is -0.445 e. The van der Waals surface area contributed by atoms with Crippen LogP contribution in [0, 0.1) is 21.4 Å². The Morgan fingerprint density at radius 1 is 1.56 bits per heavy atom. The molecule has 0 spiro atoms. The molecule has 0 atom stereocenters. The number of aryl methyl sites for hydroxylation is 1. The highest BCUT2D eigenvalue weighted by molar-refractivity contribution is 5.65. The van der Waals surface area contributed by atoms with Crippen LogP contribution in [0.25, 0.3) is 0 Å². The van der Waals surface area contributed by atoms with E-state index < -0.39 is 11.0 Å². The predicted molar refractivity (Wildman–Crippen MR) is 61.6 cm³/mol. The number of hydrogen-bond donors (Lipinski definition) is 1. The van der Waals surface area contributed by atoms with Crippen LogP contribution in [-0.4, -0.2) is 11.0 Å². The van der Waals surface area contributed by atoms with Gasteiger partial charge in [-0.15, -0.1) is 0 Å². The number of primary amides is 1. The summed E-state index contributed by atoms with van der Waals surface area (Å²) in [6, 6.07) is 4.83. The second kappa shape index (κ2) is 5.63. The number of carbonyl (C=O) groups excluding carboxylic acids is 1. The average molecular weight is 249 g/mol. The number of nitrogens with two attached hydrogens (primary N) is 1. The van der Waals surface area contributed by atoms with Crippen molar-refractivity contribution in [2.75, 3.05) is 0 Å². The zero-order valence-electron chi connectivity index (χ0n) is 9.67. The van der Waals surface area contributed by atoms with Crippen molar-refractivity contribution in [1.29, 1.82) is 5.26 Å². The van der Waals surface area contributed by atoms with E-state index in [4.69, 9.17) is 11.0 Å². The topological polar surface area (TPSA) is 119 Å². The largest absolute Gasteiger partial charge is 0.445 e. The van der Waals surface area contributed by atoms with E-state index >= 15 is 0 Å². The standard InChI is InChI=1S/C11H11N3O4/c1-2-7-3-4-8(6-18-11(13)15)9(5-12)10(7)14(16)17/h3-4H,2,6H2,1H3,(H2,13,15). The van der Waals surface area contributed by atoms with Gasteiger partial charge in [0.05, 0.1) is 4.92 Å². The van der Waals surface area contributed by atoms with Gasteiger partial charge < -0.3 is 10.5 Å². The maximum atomic E-state index is 11.0. The molecule has 0 aliphatic heterocycles. The third-order valence-corrected chi connectivity index (χ3v) is 2.39. The molecule has 0 aliphatic rings. The first-order chi connectivity index (χ1) is 8.51. The number of hydrogen-bond acceptors (Lipinski definition) is 5. The maximum absolute atomic E-state index is 11.0. The molecule has 7 nitrogen and oxygen atoms in total. The quantitative estimate of drug-likeness (QED) is 0.642. The highest BCUT2D eigenvalue weighted by Gasteiger charge is 2.22. The van der Waals surface area contributed by atoms with Gasteiger partial charge in [0, 0.05) is 11.1 Å². The van der Waals surface area contributed by atoms with Crippen molar-refractivity contribution in [3.63, 3.8) is 0 Å². The first-order valence-electron chi connectivity index (χ1n) is 5.12. The smallest absolute Gasteiger partial charge is 0.404 e. The van der Waals surface area contributed by atoms with Gasteiger partial charge in [-0.25, -0.2) is 4.79 Å². The van der Waals surface area contributed by atoms with Gasteiger partial charge in [-0.3, -0.25) is 10.1 Å². The molecule has 0 aliphatic carbocycles. The first-order valence-corrected chi connectivity index (χ1v) is 5.12. The van der Waals surface area contributed by atoms with Gasteiger partial charge in [0.15, 0.2) is 0 Å². The molecular formula is C11H11N3O4. The van der Waals surface area contributed by atoms with Gasteiger partial charge >= 0.3 is 6.09 Å². The minimum atomic E-state index is -0.999. The van der Waals surface area contributed by atoms with Crippen LogP contribution < -0.4 is 5.73 Å². The van der Waals surface area contributed by atoms with Crippen molar-refractivity contribution in [3.8, 4) is 6.07 Å². The molecule has 7 heteroatoms. The summed E-state index contributed by atoms with van der Waals surface area (Å²) < 4.78 is 4.54. The Bertz CT molecular complexity index is 534. The Morgan fingerprint density at radius 3 is 2.61 bits per heavy atom. The number of benzene rings is 1. The van der Waals surface area contributed by atoms with Crippen LogP contribution in [0.15, 0.2) is 12.1 Å². The zero-order chi connectivity index (χ0) is 13.7. The number of nitro groups is 1. The highest BCUT2D eigenvalue weighted by Crippen LogP contribution is 2.27. The van der Waals surface area contributed by atoms with Gasteiger partial charge in [0.25, 0.3) is 5.69 Å².